The predicted molar refractivity (Wildman–Crippen MR) is 100 cm³/mol. The van der Waals surface area contributed by atoms with E-state index in [0.29, 0.717) is 22.1 Å². The number of nitrogens with zero attached hydrogens (tertiary/aromatic N) is 1. The van der Waals surface area contributed by atoms with E-state index >= 15 is 0 Å². The van der Waals surface area contributed by atoms with E-state index in [9.17, 15) is 9.59 Å². The minimum absolute atomic E-state index is 0.232. The quantitative estimate of drug-likeness (QED) is 0.437. The Balaban J connectivity index is 1.70. The molecule has 0 saturated carbocycles. The average molecular weight is 416 g/mol. The molecule has 0 N–H and O–H groups in total. The van der Waals surface area contributed by atoms with Crippen LogP contribution in [0.3, 0.4) is 0 Å². The summed E-state index contributed by atoms with van der Waals surface area (Å²) in [7, 11) is 0. The third-order valence-electron chi connectivity index (χ3n) is 4.20. The number of ether oxygens (including phenoxy) is 1. The van der Waals surface area contributed by atoms with Gasteiger partial charge in [0.1, 0.15) is 5.76 Å². The van der Waals surface area contributed by atoms with Crippen molar-refractivity contribution in [3.8, 4) is 0 Å². The molecule has 2 heterocycles. The van der Waals surface area contributed by atoms with Crippen molar-refractivity contribution in [2.75, 3.05) is 6.61 Å². The zero-order valence-corrected chi connectivity index (χ0v) is 16.1. The van der Waals surface area contributed by atoms with E-state index < -0.39 is 5.97 Å². The lowest BCUT2D eigenvalue weighted by atomic mass is 10.1. The highest BCUT2D eigenvalue weighted by atomic mass is 79.9. The Hall–Kier alpha value is -2.60. The second-order valence-electron chi connectivity index (χ2n) is 5.93. The molecule has 134 valence electrons. The fraction of sp³-hybridized carbons (Fsp3) is 0.200. The first-order valence-corrected chi connectivity index (χ1v) is 8.90. The molecule has 1 aromatic carbocycles. The van der Waals surface area contributed by atoms with Crippen molar-refractivity contribution in [3.05, 3.63) is 81.5 Å². The van der Waals surface area contributed by atoms with Gasteiger partial charge in [-0.15, -0.1) is 0 Å². The van der Waals surface area contributed by atoms with Gasteiger partial charge in [0.25, 0.3) is 0 Å². The van der Waals surface area contributed by atoms with Gasteiger partial charge >= 0.3 is 5.97 Å². The molecule has 3 rings (SSSR count). The van der Waals surface area contributed by atoms with Gasteiger partial charge in [-0.3, -0.25) is 4.79 Å². The maximum absolute atomic E-state index is 12.5. The van der Waals surface area contributed by atoms with Crippen LogP contribution in [0.15, 0.2) is 57.6 Å². The molecule has 0 amide bonds. The van der Waals surface area contributed by atoms with Gasteiger partial charge in [-0.2, -0.15) is 0 Å². The smallest absolute Gasteiger partial charge is 0.339 e. The highest BCUT2D eigenvalue weighted by molar-refractivity contribution is 9.10. The van der Waals surface area contributed by atoms with E-state index in [4.69, 9.17) is 9.15 Å². The van der Waals surface area contributed by atoms with E-state index in [2.05, 4.69) is 15.9 Å². The Morgan fingerprint density at radius 3 is 2.58 bits per heavy atom. The van der Waals surface area contributed by atoms with Crippen molar-refractivity contribution in [2.45, 2.75) is 20.4 Å². The fourth-order valence-corrected chi connectivity index (χ4v) is 3.25. The molecule has 0 aliphatic carbocycles. The van der Waals surface area contributed by atoms with Crippen LogP contribution >= 0.6 is 15.9 Å². The zero-order chi connectivity index (χ0) is 18.7. The van der Waals surface area contributed by atoms with Gasteiger partial charge in [-0.1, -0.05) is 12.1 Å². The van der Waals surface area contributed by atoms with Crippen molar-refractivity contribution in [1.29, 1.82) is 0 Å². The Labute approximate surface area is 159 Å². The van der Waals surface area contributed by atoms with Crippen LogP contribution in [0, 0.1) is 13.8 Å². The molecule has 5 nitrogen and oxygen atoms in total. The number of benzene rings is 1. The maximum atomic E-state index is 12.5. The minimum Gasteiger partial charge on any atom is -0.467 e. The number of ketones is 1. The summed E-state index contributed by atoms with van der Waals surface area (Å²) in [6, 6.07) is 12.5. The van der Waals surface area contributed by atoms with Crippen LogP contribution in [0.2, 0.25) is 0 Å². The second-order valence-corrected chi connectivity index (χ2v) is 6.78. The van der Waals surface area contributed by atoms with Gasteiger partial charge in [-0.05, 0) is 60.1 Å². The van der Waals surface area contributed by atoms with Crippen LogP contribution in [0.25, 0.3) is 0 Å². The third kappa shape index (κ3) is 3.80. The van der Waals surface area contributed by atoms with Crippen molar-refractivity contribution >= 4 is 27.7 Å². The largest absolute Gasteiger partial charge is 0.467 e. The monoisotopic (exact) mass is 415 g/mol. The van der Waals surface area contributed by atoms with Crippen LogP contribution < -0.4 is 0 Å². The van der Waals surface area contributed by atoms with Crippen LogP contribution in [0.4, 0.5) is 0 Å². The van der Waals surface area contributed by atoms with Gasteiger partial charge in [-0.25, -0.2) is 4.79 Å². The molecular formula is C20H18BrNO4. The Kier molecular flexibility index (Phi) is 5.42. The van der Waals surface area contributed by atoms with E-state index in [1.807, 2.05) is 36.6 Å². The SMILES string of the molecule is Cc1cc(C(=O)COC(=O)c2ccccc2Br)c(C)n1Cc1ccco1. The summed E-state index contributed by atoms with van der Waals surface area (Å²) in [4.78, 5) is 24.7. The molecule has 0 unspecified atom stereocenters. The first-order valence-electron chi connectivity index (χ1n) is 8.11. The molecule has 0 radical (unpaired) electrons. The number of aryl methyl sites for hydroxylation is 1. The Bertz CT molecular complexity index is 941. The Morgan fingerprint density at radius 1 is 1.12 bits per heavy atom. The van der Waals surface area contributed by atoms with Crippen LogP contribution in [0.5, 0.6) is 0 Å². The molecule has 0 saturated heterocycles. The lowest BCUT2D eigenvalue weighted by Crippen LogP contribution is -2.15. The number of furan rings is 1. The number of Topliss-reactive ketones (excluding diaryl/α,β-unsaturated/α-hetero) is 1. The van der Waals surface area contributed by atoms with E-state index in [0.717, 1.165) is 17.1 Å². The molecule has 2 aromatic heterocycles. The summed E-state index contributed by atoms with van der Waals surface area (Å²) < 4.78 is 13.2. The summed E-state index contributed by atoms with van der Waals surface area (Å²) in [6.07, 6.45) is 1.62. The highest BCUT2D eigenvalue weighted by Gasteiger charge is 2.19. The molecular weight excluding hydrogens is 398 g/mol. The number of carbonyl (C=O) groups excluding carboxylic acids is 2. The molecule has 0 atom stereocenters. The van der Waals surface area contributed by atoms with Gasteiger partial charge in [0.05, 0.1) is 18.4 Å². The summed E-state index contributed by atoms with van der Waals surface area (Å²) in [5.41, 5.74) is 2.71. The standard InChI is InChI=1S/C20H18BrNO4/c1-13-10-17(14(2)22(13)11-15-6-5-9-25-15)19(23)12-26-20(24)16-7-3-4-8-18(16)21/h3-10H,11-12H2,1-2H3. The first-order chi connectivity index (χ1) is 12.5. The number of esters is 1. The fourth-order valence-electron chi connectivity index (χ4n) is 2.80. The van der Waals surface area contributed by atoms with Crippen molar-refractivity contribution < 1.29 is 18.7 Å². The lowest BCUT2D eigenvalue weighted by molar-refractivity contribution is 0.0473. The van der Waals surface area contributed by atoms with Gasteiger partial charge < -0.3 is 13.7 Å². The van der Waals surface area contributed by atoms with E-state index in [-0.39, 0.29) is 12.4 Å². The molecule has 0 fully saturated rings. The summed E-state index contributed by atoms with van der Waals surface area (Å²) in [5, 5.41) is 0. The molecule has 3 aromatic rings. The number of rotatable bonds is 6. The minimum atomic E-state index is -0.532. The Morgan fingerprint density at radius 2 is 1.88 bits per heavy atom. The molecule has 0 spiro atoms. The summed E-state index contributed by atoms with van der Waals surface area (Å²) >= 11 is 3.30. The number of halogens is 1. The molecule has 0 bridgehead atoms. The molecule has 0 aliphatic rings. The van der Waals surface area contributed by atoms with Crippen LogP contribution in [-0.4, -0.2) is 22.9 Å². The summed E-state index contributed by atoms with van der Waals surface area (Å²) in [6.45, 7) is 4.05. The number of carbonyl (C=O) groups is 2. The predicted octanol–water partition coefficient (Wildman–Crippen LogP) is 4.55. The van der Waals surface area contributed by atoms with Crippen LogP contribution in [-0.2, 0) is 11.3 Å². The average Bonchev–Trinajstić information content (AvgIpc) is 3.23. The highest BCUT2D eigenvalue weighted by Crippen LogP contribution is 2.19. The van der Waals surface area contributed by atoms with Crippen LogP contribution in [0.1, 0.15) is 37.9 Å². The van der Waals surface area contributed by atoms with E-state index in [1.165, 1.54) is 0 Å². The molecule has 0 aliphatic heterocycles. The lowest BCUT2D eigenvalue weighted by Gasteiger charge is -2.08. The van der Waals surface area contributed by atoms with Gasteiger partial charge in [0.15, 0.2) is 6.61 Å². The van der Waals surface area contributed by atoms with Crippen molar-refractivity contribution in [3.63, 3.8) is 0 Å². The number of hydrogen-bond donors (Lipinski definition) is 0. The normalized spacial score (nSPS) is 10.7. The van der Waals surface area contributed by atoms with Crippen molar-refractivity contribution in [1.82, 2.24) is 4.57 Å². The van der Waals surface area contributed by atoms with Gasteiger partial charge in [0.2, 0.25) is 5.78 Å². The maximum Gasteiger partial charge on any atom is 0.339 e. The van der Waals surface area contributed by atoms with Gasteiger partial charge in [0, 0.05) is 21.4 Å². The van der Waals surface area contributed by atoms with Crippen molar-refractivity contribution in [2.24, 2.45) is 0 Å². The van der Waals surface area contributed by atoms with E-state index in [1.54, 1.807) is 30.5 Å². The topological polar surface area (TPSA) is 61.4 Å². The molecule has 26 heavy (non-hydrogen) atoms. The second kappa shape index (κ2) is 7.74. The zero-order valence-electron chi connectivity index (χ0n) is 14.5. The number of hydrogen-bond acceptors (Lipinski definition) is 4. The third-order valence-corrected chi connectivity index (χ3v) is 4.89. The molecule has 6 heteroatoms. The number of aromatic nitrogens is 1. The first kappa shape index (κ1) is 18.2. The summed E-state index contributed by atoms with van der Waals surface area (Å²) in [5.74, 6) is 0.0468.